The average Bonchev–Trinajstić information content (AvgIpc) is 2.95. The van der Waals surface area contributed by atoms with Crippen LogP contribution in [0.5, 0.6) is 0 Å². The normalized spacial score (nSPS) is 18.7. The largest absolute Gasteiger partial charge is 0.361 e. The first kappa shape index (κ1) is 17.6. The first-order valence-electron chi connectivity index (χ1n) is 8.94. The monoisotopic (exact) mass is 373 g/mol. The van der Waals surface area contributed by atoms with E-state index < -0.39 is 15.6 Å². The lowest BCUT2D eigenvalue weighted by Gasteiger charge is -2.46. The zero-order valence-electron chi connectivity index (χ0n) is 15.1. The van der Waals surface area contributed by atoms with Gasteiger partial charge in [0, 0.05) is 31.3 Å². The lowest BCUT2D eigenvalue weighted by molar-refractivity contribution is -0.112. The molecule has 0 atom stereocenters. The van der Waals surface area contributed by atoms with Crippen LogP contribution in [-0.2, 0) is 39.1 Å². The molecule has 1 saturated heterocycles. The summed E-state index contributed by atoms with van der Waals surface area (Å²) in [5, 5.41) is 0. The molecule has 2 aromatic rings. The Kier molecular flexibility index (Phi) is 4.33. The Bertz CT molecular complexity index is 920. The predicted octanol–water partition coefficient (Wildman–Crippen LogP) is 2.31. The smallest absolute Gasteiger partial charge is 0.218 e. The third-order valence-corrected chi connectivity index (χ3v) is 6.84. The van der Waals surface area contributed by atoms with Crippen LogP contribution in [0.1, 0.15) is 41.6 Å². The van der Waals surface area contributed by atoms with Crippen molar-refractivity contribution in [2.24, 2.45) is 0 Å². The molecule has 2 aliphatic heterocycles. The number of sulfonamides is 1. The number of fused-ring (bicyclic) bond motifs is 2. The highest BCUT2D eigenvalue weighted by Gasteiger charge is 2.54. The van der Waals surface area contributed by atoms with Crippen molar-refractivity contribution in [2.75, 3.05) is 13.1 Å². The van der Waals surface area contributed by atoms with Gasteiger partial charge >= 0.3 is 0 Å². The summed E-state index contributed by atoms with van der Waals surface area (Å²) in [5.41, 5.74) is 3.20. The molecule has 26 heavy (non-hydrogen) atoms. The Morgan fingerprint density at radius 3 is 2.65 bits per heavy atom. The topological polar surface area (TPSA) is 72.4 Å². The van der Waals surface area contributed by atoms with Crippen molar-refractivity contribution in [2.45, 2.75) is 44.6 Å². The van der Waals surface area contributed by atoms with Crippen LogP contribution in [0.3, 0.4) is 0 Å². The molecule has 1 aromatic carbocycles. The number of ether oxygens (including phenoxy) is 1. The van der Waals surface area contributed by atoms with Crippen molar-refractivity contribution in [1.82, 2.24) is 14.3 Å². The minimum atomic E-state index is -3.36. The first-order chi connectivity index (χ1) is 12.4. The molecular formula is C19H23N3O3S. The molecule has 1 aromatic heterocycles. The molecule has 0 N–H and O–H groups in total. The maximum absolute atomic E-state index is 12.7. The molecule has 6 nitrogen and oxygen atoms in total. The maximum atomic E-state index is 12.7. The minimum Gasteiger partial charge on any atom is -0.361 e. The highest BCUT2D eigenvalue weighted by molar-refractivity contribution is 7.88. The summed E-state index contributed by atoms with van der Waals surface area (Å²) in [6, 6.07) is 7.60. The van der Waals surface area contributed by atoms with Crippen LogP contribution in [-0.4, -0.2) is 35.8 Å². The van der Waals surface area contributed by atoms with Gasteiger partial charge in [0.05, 0.1) is 18.1 Å². The number of hydrogen-bond acceptors (Lipinski definition) is 5. The fraction of sp³-hybridized carbons (Fsp3) is 0.474. The van der Waals surface area contributed by atoms with Crippen molar-refractivity contribution >= 4 is 10.0 Å². The van der Waals surface area contributed by atoms with Crippen molar-refractivity contribution < 1.29 is 13.2 Å². The van der Waals surface area contributed by atoms with E-state index in [2.05, 4.69) is 16.9 Å². The van der Waals surface area contributed by atoms with Crippen LogP contribution in [0.25, 0.3) is 0 Å². The van der Waals surface area contributed by atoms with Gasteiger partial charge < -0.3 is 4.74 Å². The number of hydrogen-bond donors (Lipinski definition) is 0. The molecule has 1 fully saturated rings. The van der Waals surface area contributed by atoms with Crippen molar-refractivity contribution in [3.05, 3.63) is 58.7 Å². The van der Waals surface area contributed by atoms with Gasteiger partial charge in [-0.05, 0) is 18.9 Å². The summed E-state index contributed by atoms with van der Waals surface area (Å²) >= 11 is 0. The van der Waals surface area contributed by atoms with E-state index in [4.69, 9.17) is 4.74 Å². The van der Waals surface area contributed by atoms with E-state index in [9.17, 15) is 8.42 Å². The van der Waals surface area contributed by atoms with Crippen molar-refractivity contribution in [1.29, 1.82) is 0 Å². The lowest BCUT2D eigenvalue weighted by atomic mass is 9.90. The standard InChI is InChI=1S/C19H23N3O3S/c1-3-4-18-20-9-16-17(21-18)10-25-19(16)12-22(13-19)26(23,24)11-15-7-5-14(2)6-8-15/h5-9H,3-4,10-13H2,1-2H3. The quantitative estimate of drug-likeness (QED) is 0.804. The SMILES string of the molecule is CCCc1ncc2c(n1)COC21CN(S(=O)(=O)Cc2ccc(C)cc2)C1. The second-order valence-electron chi connectivity index (χ2n) is 7.19. The van der Waals surface area contributed by atoms with E-state index >= 15 is 0 Å². The fourth-order valence-corrected chi connectivity index (χ4v) is 5.15. The number of aromatic nitrogens is 2. The van der Waals surface area contributed by atoms with Gasteiger partial charge in [0.25, 0.3) is 0 Å². The molecule has 3 heterocycles. The lowest BCUT2D eigenvalue weighted by Crippen LogP contribution is -2.61. The van der Waals surface area contributed by atoms with Gasteiger partial charge in [0.1, 0.15) is 11.4 Å². The zero-order chi connectivity index (χ0) is 18.4. The van der Waals surface area contributed by atoms with Gasteiger partial charge in [-0.1, -0.05) is 36.8 Å². The summed E-state index contributed by atoms with van der Waals surface area (Å²) in [6.07, 6.45) is 3.66. The molecule has 0 saturated carbocycles. The Hall–Kier alpha value is -1.83. The van der Waals surface area contributed by atoms with E-state index in [0.717, 1.165) is 41.1 Å². The van der Waals surface area contributed by atoms with Crippen LogP contribution in [0.4, 0.5) is 0 Å². The van der Waals surface area contributed by atoms with E-state index in [1.807, 2.05) is 37.4 Å². The number of benzene rings is 1. The average molecular weight is 373 g/mol. The Labute approximate surface area is 154 Å². The van der Waals surface area contributed by atoms with Crippen LogP contribution >= 0.6 is 0 Å². The van der Waals surface area contributed by atoms with Crippen molar-refractivity contribution in [3.63, 3.8) is 0 Å². The molecule has 138 valence electrons. The number of aryl methyl sites for hydroxylation is 2. The van der Waals surface area contributed by atoms with Crippen LogP contribution in [0.15, 0.2) is 30.5 Å². The van der Waals surface area contributed by atoms with Gasteiger partial charge in [-0.25, -0.2) is 18.4 Å². The van der Waals surface area contributed by atoms with Gasteiger partial charge in [0.2, 0.25) is 10.0 Å². The Morgan fingerprint density at radius 1 is 1.23 bits per heavy atom. The molecule has 0 bridgehead atoms. The second-order valence-corrected chi connectivity index (χ2v) is 9.16. The third-order valence-electron chi connectivity index (χ3n) is 5.09. The molecule has 2 aliphatic rings. The molecule has 4 rings (SSSR count). The molecule has 0 amide bonds. The van der Waals surface area contributed by atoms with Gasteiger partial charge in [0.15, 0.2) is 0 Å². The maximum Gasteiger partial charge on any atom is 0.218 e. The van der Waals surface area contributed by atoms with E-state index in [1.54, 1.807) is 0 Å². The van der Waals surface area contributed by atoms with Crippen LogP contribution in [0, 0.1) is 6.92 Å². The third kappa shape index (κ3) is 3.04. The molecule has 0 aliphatic carbocycles. The number of nitrogens with zero attached hydrogens (tertiary/aromatic N) is 3. The highest BCUT2D eigenvalue weighted by atomic mass is 32.2. The predicted molar refractivity (Wildman–Crippen MR) is 97.9 cm³/mol. The summed E-state index contributed by atoms with van der Waals surface area (Å²) in [6.45, 7) is 5.19. The second kappa shape index (κ2) is 6.40. The van der Waals surface area contributed by atoms with E-state index in [1.165, 1.54) is 4.31 Å². The van der Waals surface area contributed by atoms with E-state index in [-0.39, 0.29) is 5.75 Å². The summed E-state index contributed by atoms with van der Waals surface area (Å²) in [4.78, 5) is 9.00. The Balaban J connectivity index is 1.48. The minimum absolute atomic E-state index is 0.0160. The molecular weight excluding hydrogens is 350 g/mol. The van der Waals surface area contributed by atoms with E-state index in [0.29, 0.717) is 19.7 Å². The Morgan fingerprint density at radius 2 is 1.96 bits per heavy atom. The summed E-state index contributed by atoms with van der Waals surface area (Å²) in [5.74, 6) is 0.845. The fourth-order valence-electron chi connectivity index (χ4n) is 3.55. The van der Waals surface area contributed by atoms with Crippen molar-refractivity contribution in [3.8, 4) is 0 Å². The van der Waals surface area contributed by atoms with Gasteiger partial charge in [-0.15, -0.1) is 0 Å². The molecule has 0 unspecified atom stereocenters. The molecule has 0 radical (unpaired) electrons. The summed E-state index contributed by atoms with van der Waals surface area (Å²) < 4.78 is 32.9. The first-order valence-corrected chi connectivity index (χ1v) is 10.6. The number of rotatable bonds is 5. The van der Waals surface area contributed by atoms with Crippen LogP contribution in [0.2, 0.25) is 0 Å². The zero-order valence-corrected chi connectivity index (χ0v) is 15.9. The van der Waals surface area contributed by atoms with Gasteiger partial charge in [-0.2, -0.15) is 4.31 Å². The molecule has 1 spiro atoms. The molecule has 7 heteroatoms. The van der Waals surface area contributed by atoms with Crippen LogP contribution < -0.4 is 0 Å². The summed E-state index contributed by atoms with van der Waals surface area (Å²) in [7, 11) is -3.36. The van der Waals surface area contributed by atoms with Gasteiger partial charge in [-0.3, -0.25) is 0 Å². The highest BCUT2D eigenvalue weighted by Crippen LogP contribution is 2.43.